The maximum Gasteiger partial charge on any atom is 0.326 e. The minimum Gasteiger partial charge on any atom is -0.493 e. The number of imidazole rings is 1. The van der Waals surface area contributed by atoms with E-state index in [1.807, 2.05) is 13.2 Å². The second kappa shape index (κ2) is 20.4. The summed E-state index contributed by atoms with van der Waals surface area (Å²) in [7, 11) is -2.98. The highest BCUT2D eigenvalue weighted by Crippen LogP contribution is 2.31. The molecule has 1 heterocycles. The Hall–Kier alpha value is -1.66. The highest BCUT2D eigenvalue weighted by molar-refractivity contribution is 6.87. The molecule has 0 radical (unpaired) electrons. The van der Waals surface area contributed by atoms with Gasteiger partial charge in [-0.2, -0.15) is 0 Å². The van der Waals surface area contributed by atoms with E-state index in [0.29, 0.717) is 19.8 Å². The number of benzene rings is 2. The second-order valence-corrected chi connectivity index (χ2v) is 30.7. The predicted octanol–water partition coefficient (Wildman–Crippen LogP) is 8.02. The molecule has 3 rings (SSSR count). The van der Waals surface area contributed by atoms with Crippen LogP contribution in [0.25, 0.3) is 10.8 Å². The molecule has 3 aromatic rings. The zero-order valence-electron chi connectivity index (χ0n) is 31.9. The quantitative estimate of drug-likeness (QED) is 0.0468. The van der Waals surface area contributed by atoms with E-state index in [4.69, 9.17) is 31.3 Å². The lowest BCUT2D eigenvalue weighted by Crippen LogP contribution is -2.56. The normalized spacial score (nSPS) is 15.0. The first-order chi connectivity index (χ1) is 23.3. The van der Waals surface area contributed by atoms with Crippen LogP contribution < -0.4 is 9.30 Å². The van der Waals surface area contributed by atoms with Crippen LogP contribution in [0.3, 0.4) is 0 Å². The van der Waals surface area contributed by atoms with E-state index in [2.05, 4.69) is 111 Å². The molecule has 0 bridgehead atoms. The van der Waals surface area contributed by atoms with Crippen molar-refractivity contribution in [3.05, 3.63) is 61.2 Å². The molecule has 9 nitrogen and oxygen atoms in total. The van der Waals surface area contributed by atoms with Crippen LogP contribution in [0.1, 0.15) is 25.7 Å². The van der Waals surface area contributed by atoms with Gasteiger partial charge < -0.3 is 31.3 Å². The molecule has 0 aliphatic carbocycles. The Morgan fingerprint density at radius 2 is 1.27 bits per heavy atom. The van der Waals surface area contributed by atoms with Gasteiger partial charge in [0, 0.05) is 32.8 Å². The van der Waals surface area contributed by atoms with Crippen molar-refractivity contribution >= 4 is 44.5 Å². The first-order valence-corrected chi connectivity index (χ1v) is 29.3. The monoisotopic (exact) mass is 749 g/mol. The molecule has 0 fully saturated rings. The summed E-state index contributed by atoms with van der Waals surface area (Å²) < 4.78 is 48.4. The Labute approximate surface area is 300 Å². The van der Waals surface area contributed by atoms with Gasteiger partial charge in [-0.15, -0.1) is 0 Å². The number of nitrogens with zero attached hydrogens (tertiary/aromatic N) is 2. The largest absolute Gasteiger partial charge is 0.493 e. The molecule has 0 amide bonds. The standard InChI is InChI=1S/C36H65N2O7Si4/c1-37-22-23-38(33-37)21-13-31-49(9,44-47(6,7)30-15-25-42-28-27-41-24-14-29-46(4,5)39-2)45-48(8,40-3)32-16-26-43-36-20-12-18-34-17-10-11-19-35(34)36/h10-12,17-20,22-23,33H,13-16,21,24-32H2,1-9H3/q+1. The lowest BCUT2D eigenvalue weighted by Gasteiger charge is -2.41. The van der Waals surface area contributed by atoms with Crippen molar-refractivity contribution in [2.45, 2.75) is 95.7 Å². The number of hydrogen-bond acceptors (Lipinski definition) is 7. The Balaban J connectivity index is 1.50. The summed E-state index contributed by atoms with van der Waals surface area (Å²) in [6.07, 6.45) is 10.2. The van der Waals surface area contributed by atoms with Crippen LogP contribution in [0.15, 0.2) is 61.2 Å². The van der Waals surface area contributed by atoms with Gasteiger partial charge in [-0.05, 0) is 101 Å². The molecule has 276 valence electrons. The van der Waals surface area contributed by atoms with Crippen molar-refractivity contribution in [1.29, 1.82) is 0 Å². The van der Waals surface area contributed by atoms with Crippen LogP contribution in [-0.2, 0) is 40.1 Å². The van der Waals surface area contributed by atoms with Gasteiger partial charge in [-0.3, -0.25) is 0 Å². The summed E-state index contributed by atoms with van der Waals surface area (Å²) in [5, 5.41) is 2.33. The zero-order valence-corrected chi connectivity index (χ0v) is 35.9. The van der Waals surface area contributed by atoms with Gasteiger partial charge in [0.1, 0.15) is 18.1 Å². The number of rotatable bonds is 26. The van der Waals surface area contributed by atoms with E-state index in [9.17, 15) is 0 Å². The Morgan fingerprint density at radius 3 is 1.92 bits per heavy atom. The number of hydrogen-bond donors (Lipinski definition) is 0. The van der Waals surface area contributed by atoms with Crippen molar-refractivity contribution in [2.24, 2.45) is 7.05 Å². The van der Waals surface area contributed by atoms with E-state index in [1.54, 1.807) is 7.11 Å². The van der Waals surface area contributed by atoms with Gasteiger partial charge in [-0.1, -0.05) is 36.4 Å². The molecule has 0 aliphatic rings. The molecule has 49 heavy (non-hydrogen) atoms. The summed E-state index contributed by atoms with van der Waals surface area (Å²) in [5.74, 6) is 0.924. The van der Waals surface area contributed by atoms with Crippen LogP contribution >= 0.6 is 0 Å². The molecule has 2 aromatic carbocycles. The molecule has 13 heteroatoms. The second-order valence-electron chi connectivity index (χ2n) is 14.7. The summed E-state index contributed by atoms with van der Waals surface area (Å²) >= 11 is 0. The van der Waals surface area contributed by atoms with Gasteiger partial charge in [0.15, 0.2) is 16.6 Å². The Kier molecular flexibility index (Phi) is 17.4. The molecule has 0 spiro atoms. The molecule has 2 atom stereocenters. The molecule has 0 aliphatic heterocycles. The number of fused-ring (bicyclic) bond motifs is 1. The fourth-order valence-electron chi connectivity index (χ4n) is 6.15. The smallest absolute Gasteiger partial charge is 0.326 e. The molecule has 0 saturated carbocycles. The third-order valence-corrected chi connectivity index (χ3v) is 24.1. The van der Waals surface area contributed by atoms with E-state index in [1.165, 1.54) is 5.39 Å². The average Bonchev–Trinajstić information content (AvgIpc) is 3.48. The van der Waals surface area contributed by atoms with Gasteiger partial charge in [0.25, 0.3) is 0 Å². The van der Waals surface area contributed by atoms with Gasteiger partial charge >= 0.3 is 17.1 Å². The molecule has 0 saturated heterocycles. The minimum absolute atomic E-state index is 0.617. The SMILES string of the molecule is CO[Si](C)(C)CCCOCCOCCC[Si](C)(C)O[Si](C)(CCCn1cc[n+](C)c1)O[Si](C)(CCCOc1cccc2ccccc12)OC. The predicted molar refractivity (Wildman–Crippen MR) is 209 cm³/mol. The molecular weight excluding hydrogens is 685 g/mol. The van der Waals surface area contributed by atoms with Gasteiger partial charge in [0.05, 0.1) is 33.4 Å². The first kappa shape index (κ1) is 41.8. The maximum absolute atomic E-state index is 7.18. The Bertz CT molecular complexity index is 1370. The topological polar surface area (TPSA) is 73.4 Å². The van der Waals surface area contributed by atoms with Crippen molar-refractivity contribution in [1.82, 2.24) is 4.57 Å². The molecular formula is C36H65N2O7Si4+. The number of ether oxygens (including phenoxy) is 3. The fourth-order valence-corrected chi connectivity index (χ4v) is 21.0. The van der Waals surface area contributed by atoms with Crippen LogP contribution in [0.5, 0.6) is 5.75 Å². The van der Waals surface area contributed by atoms with Gasteiger partial charge in [0.2, 0.25) is 6.33 Å². The van der Waals surface area contributed by atoms with E-state index < -0.39 is 33.8 Å². The van der Waals surface area contributed by atoms with Crippen molar-refractivity contribution in [3.63, 3.8) is 0 Å². The van der Waals surface area contributed by atoms with Crippen molar-refractivity contribution < 1.29 is 35.9 Å². The summed E-state index contributed by atoms with van der Waals surface area (Å²) in [5.41, 5.74) is 0. The lowest BCUT2D eigenvalue weighted by molar-refractivity contribution is -0.671. The molecule has 2 unspecified atom stereocenters. The van der Waals surface area contributed by atoms with Crippen molar-refractivity contribution in [2.75, 3.05) is 47.3 Å². The summed E-state index contributed by atoms with van der Waals surface area (Å²) in [6, 6.07) is 18.5. The summed E-state index contributed by atoms with van der Waals surface area (Å²) in [6.45, 7) is 17.9. The highest BCUT2D eigenvalue weighted by Gasteiger charge is 2.45. The number of aryl methyl sites for hydroxylation is 2. The fraction of sp³-hybridized carbons (Fsp3) is 0.639. The van der Waals surface area contributed by atoms with E-state index in [0.717, 1.165) is 80.8 Å². The van der Waals surface area contributed by atoms with Crippen LogP contribution in [0, 0.1) is 0 Å². The highest BCUT2D eigenvalue weighted by atomic mass is 28.5. The number of aromatic nitrogens is 2. The van der Waals surface area contributed by atoms with Crippen LogP contribution in [0.2, 0.25) is 63.5 Å². The lowest BCUT2D eigenvalue weighted by atomic mass is 10.1. The molecule has 0 N–H and O–H groups in total. The van der Waals surface area contributed by atoms with Crippen molar-refractivity contribution in [3.8, 4) is 5.75 Å². The Morgan fingerprint density at radius 1 is 0.633 bits per heavy atom. The maximum atomic E-state index is 7.18. The van der Waals surface area contributed by atoms with E-state index >= 15 is 0 Å². The average molecular weight is 750 g/mol. The third kappa shape index (κ3) is 15.6. The van der Waals surface area contributed by atoms with Crippen LogP contribution in [0.4, 0.5) is 0 Å². The zero-order chi connectivity index (χ0) is 35.8. The van der Waals surface area contributed by atoms with E-state index in [-0.39, 0.29) is 0 Å². The molecule has 1 aromatic heterocycles. The van der Waals surface area contributed by atoms with Crippen LogP contribution in [-0.4, -0.2) is 85.6 Å². The first-order valence-electron chi connectivity index (χ1n) is 18.1. The van der Waals surface area contributed by atoms with Gasteiger partial charge in [-0.25, -0.2) is 9.13 Å². The summed E-state index contributed by atoms with van der Waals surface area (Å²) in [4.78, 5) is 0. The third-order valence-electron chi connectivity index (χ3n) is 9.07. The minimum atomic E-state index is -2.59.